The molecule has 1 aromatic carbocycles. The third-order valence-electron chi connectivity index (χ3n) is 4.53. The minimum absolute atomic E-state index is 0.154. The Balaban J connectivity index is 1.90. The second kappa shape index (κ2) is 6.53. The van der Waals surface area contributed by atoms with Crippen LogP contribution in [0, 0.1) is 13.8 Å². The summed E-state index contributed by atoms with van der Waals surface area (Å²) in [6.45, 7) is 9.51. The fraction of sp³-hybridized carbons (Fsp3) is 0.647. The van der Waals surface area contributed by atoms with Crippen LogP contribution >= 0.6 is 0 Å². The number of β-amino-alcohol motifs (C(OH)–C–C–N with tert-alkyl or cyclic N) is 1. The summed E-state index contributed by atoms with van der Waals surface area (Å²) in [7, 11) is 0. The Morgan fingerprint density at radius 3 is 2.47 bits per heavy atom. The molecule has 0 radical (unpaired) electrons. The predicted octanol–water partition coefficient (Wildman–Crippen LogP) is 3.25. The zero-order chi connectivity index (χ0) is 13.8. The van der Waals surface area contributed by atoms with Crippen molar-refractivity contribution < 1.29 is 5.11 Å². The molecule has 1 N–H and O–H groups in total. The Labute approximate surface area is 117 Å². The molecule has 1 saturated heterocycles. The molecular formula is C17H27NO. The SMILES string of the molecule is CCC(O)CN1CCC(c2ccc(C)c(C)c2)CC1. The summed E-state index contributed by atoms with van der Waals surface area (Å²) in [5.41, 5.74) is 4.28. The highest BCUT2D eigenvalue weighted by Gasteiger charge is 2.21. The van der Waals surface area contributed by atoms with E-state index < -0.39 is 0 Å². The standard InChI is InChI=1S/C17H27NO/c1-4-17(19)12-18-9-7-15(8-10-18)16-6-5-13(2)14(3)11-16/h5-6,11,15,17,19H,4,7-10,12H2,1-3H3. The van der Waals surface area contributed by atoms with Crippen molar-refractivity contribution in [3.8, 4) is 0 Å². The van der Waals surface area contributed by atoms with Gasteiger partial charge in [0, 0.05) is 6.54 Å². The highest BCUT2D eigenvalue weighted by Crippen LogP contribution is 2.29. The average molecular weight is 261 g/mol. The van der Waals surface area contributed by atoms with Crippen molar-refractivity contribution >= 4 is 0 Å². The highest BCUT2D eigenvalue weighted by molar-refractivity contribution is 5.32. The third-order valence-corrected chi connectivity index (χ3v) is 4.53. The number of likely N-dealkylation sites (tertiary alicyclic amines) is 1. The number of aliphatic hydroxyl groups excluding tert-OH is 1. The van der Waals surface area contributed by atoms with Crippen LogP contribution in [0.15, 0.2) is 18.2 Å². The lowest BCUT2D eigenvalue weighted by atomic mass is 9.88. The monoisotopic (exact) mass is 261 g/mol. The van der Waals surface area contributed by atoms with E-state index in [-0.39, 0.29) is 6.10 Å². The zero-order valence-corrected chi connectivity index (χ0v) is 12.5. The summed E-state index contributed by atoms with van der Waals surface area (Å²) >= 11 is 0. The highest BCUT2D eigenvalue weighted by atomic mass is 16.3. The van der Waals surface area contributed by atoms with Crippen LogP contribution in [0.4, 0.5) is 0 Å². The number of aryl methyl sites for hydroxylation is 2. The van der Waals surface area contributed by atoms with Gasteiger partial charge in [-0.25, -0.2) is 0 Å². The Morgan fingerprint density at radius 1 is 1.21 bits per heavy atom. The predicted molar refractivity (Wildman–Crippen MR) is 80.6 cm³/mol. The summed E-state index contributed by atoms with van der Waals surface area (Å²) in [6.07, 6.45) is 3.15. The number of nitrogens with zero attached hydrogens (tertiary/aromatic N) is 1. The van der Waals surface area contributed by atoms with Crippen LogP contribution in [0.25, 0.3) is 0 Å². The second-order valence-corrected chi connectivity index (χ2v) is 5.98. The van der Waals surface area contributed by atoms with Gasteiger partial charge in [-0.05, 0) is 68.8 Å². The van der Waals surface area contributed by atoms with E-state index in [1.54, 1.807) is 0 Å². The summed E-state index contributed by atoms with van der Waals surface area (Å²) in [5.74, 6) is 0.703. The first kappa shape index (κ1) is 14.5. The molecule has 1 aromatic rings. The molecule has 0 amide bonds. The minimum atomic E-state index is -0.154. The van der Waals surface area contributed by atoms with Gasteiger partial charge in [-0.2, -0.15) is 0 Å². The first-order chi connectivity index (χ1) is 9.10. The van der Waals surface area contributed by atoms with Gasteiger partial charge in [-0.3, -0.25) is 0 Å². The number of aliphatic hydroxyl groups is 1. The molecule has 2 rings (SSSR count). The fourth-order valence-corrected chi connectivity index (χ4v) is 2.89. The van der Waals surface area contributed by atoms with Crippen LogP contribution in [0.3, 0.4) is 0 Å². The number of hydrogen-bond acceptors (Lipinski definition) is 2. The Bertz CT molecular complexity index is 408. The smallest absolute Gasteiger partial charge is 0.0664 e. The molecule has 1 aliphatic heterocycles. The lowest BCUT2D eigenvalue weighted by molar-refractivity contribution is 0.0944. The van der Waals surface area contributed by atoms with E-state index in [4.69, 9.17) is 0 Å². The molecule has 106 valence electrons. The van der Waals surface area contributed by atoms with E-state index in [9.17, 15) is 5.11 Å². The van der Waals surface area contributed by atoms with E-state index in [1.165, 1.54) is 29.5 Å². The molecule has 1 unspecified atom stereocenters. The lowest BCUT2D eigenvalue weighted by Crippen LogP contribution is -2.38. The van der Waals surface area contributed by atoms with Gasteiger partial charge in [0.05, 0.1) is 6.10 Å². The van der Waals surface area contributed by atoms with Crippen molar-refractivity contribution in [3.05, 3.63) is 34.9 Å². The molecule has 1 aliphatic rings. The topological polar surface area (TPSA) is 23.5 Å². The van der Waals surface area contributed by atoms with Crippen LogP contribution < -0.4 is 0 Å². The van der Waals surface area contributed by atoms with E-state index in [0.717, 1.165) is 26.1 Å². The molecule has 0 aromatic heterocycles. The van der Waals surface area contributed by atoms with Gasteiger partial charge in [-0.1, -0.05) is 25.1 Å². The van der Waals surface area contributed by atoms with E-state index in [1.807, 2.05) is 6.92 Å². The van der Waals surface area contributed by atoms with Crippen LogP contribution in [0.5, 0.6) is 0 Å². The van der Waals surface area contributed by atoms with Crippen molar-refractivity contribution in [3.63, 3.8) is 0 Å². The minimum Gasteiger partial charge on any atom is -0.392 e. The number of rotatable bonds is 4. The summed E-state index contributed by atoms with van der Waals surface area (Å²) < 4.78 is 0. The molecular weight excluding hydrogens is 234 g/mol. The molecule has 1 fully saturated rings. The Kier molecular flexibility index (Phi) is 5.00. The first-order valence-electron chi connectivity index (χ1n) is 7.57. The van der Waals surface area contributed by atoms with Crippen molar-refractivity contribution in [1.82, 2.24) is 4.90 Å². The third kappa shape index (κ3) is 3.80. The van der Waals surface area contributed by atoms with E-state index >= 15 is 0 Å². The Morgan fingerprint density at radius 2 is 1.89 bits per heavy atom. The summed E-state index contributed by atoms with van der Waals surface area (Å²) in [6, 6.07) is 6.90. The fourth-order valence-electron chi connectivity index (χ4n) is 2.89. The molecule has 2 heteroatoms. The Hall–Kier alpha value is -0.860. The normalized spacial score (nSPS) is 19.6. The quantitative estimate of drug-likeness (QED) is 0.899. The first-order valence-corrected chi connectivity index (χ1v) is 7.57. The molecule has 1 heterocycles. The summed E-state index contributed by atoms with van der Waals surface area (Å²) in [5, 5.41) is 9.72. The number of piperidine rings is 1. The number of benzene rings is 1. The lowest BCUT2D eigenvalue weighted by Gasteiger charge is -2.33. The van der Waals surface area contributed by atoms with Crippen molar-refractivity contribution in [2.75, 3.05) is 19.6 Å². The van der Waals surface area contributed by atoms with Gasteiger partial charge in [-0.15, -0.1) is 0 Å². The van der Waals surface area contributed by atoms with Gasteiger partial charge in [0.1, 0.15) is 0 Å². The van der Waals surface area contributed by atoms with Crippen molar-refractivity contribution in [2.24, 2.45) is 0 Å². The van der Waals surface area contributed by atoms with Gasteiger partial charge in [0.25, 0.3) is 0 Å². The zero-order valence-electron chi connectivity index (χ0n) is 12.5. The van der Waals surface area contributed by atoms with Crippen molar-refractivity contribution in [1.29, 1.82) is 0 Å². The maximum atomic E-state index is 9.72. The van der Waals surface area contributed by atoms with Gasteiger partial charge >= 0.3 is 0 Å². The molecule has 0 saturated carbocycles. The van der Waals surface area contributed by atoms with Gasteiger partial charge in [0.15, 0.2) is 0 Å². The van der Waals surface area contributed by atoms with Gasteiger partial charge in [0.2, 0.25) is 0 Å². The largest absolute Gasteiger partial charge is 0.392 e. The van der Waals surface area contributed by atoms with E-state index in [0.29, 0.717) is 5.92 Å². The maximum Gasteiger partial charge on any atom is 0.0664 e. The van der Waals surface area contributed by atoms with Crippen LogP contribution in [-0.4, -0.2) is 35.7 Å². The molecule has 0 bridgehead atoms. The van der Waals surface area contributed by atoms with Gasteiger partial charge < -0.3 is 10.0 Å². The van der Waals surface area contributed by atoms with Crippen molar-refractivity contribution in [2.45, 2.75) is 52.1 Å². The maximum absolute atomic E-state index is 9.72. The molecule has 19 heavy (non-hydrogen) atoms. The second-order valence-electron chi connectivity index (χ2n) is 5.98. The summed E-state index contributed by atoms with van der Waals surface area (Å²) in [4.78, 5) is 2.41. The van der Waals surface area contributed by atoms with Crippen LogP contribution in [0.2, 0.25) is 0 Å². The molecule has 0 spiro atoms. The van der Waals surface area contributed by atoms with Crippen LogP contribution in [-0.2, 0) is 0 Å². The average Bonchev–Trinajstić information content (AvgIpc) is 2.42. The molecule has 0 aliphatic carbocycles. The number of hydrogen-bond donors (Lipinski definition) is 1. The van der Waals surface area contributed by atoms with Crippen LogP contribution in [0.1, 0.15) is 48.8 Å². The molecule has 1 atom stereocenters. The van der Waals surface area contributed by atoms with E-state index in [2.05, 4.69) is 36.9 Å². The molecule has 2 nitrogen and oxygen atoms in total.